The van der Waals surface area contributed by atoms with Crippen LogP contribution < -0.4 is 0 Å². The van der Waals surface area contributed by atoms with Gasteiger partial charge in [-0.3, -0.25) is 9.69 Å². The van der Waals surface area contributed by atoms with Crippen molar-refractivity contribution in [3.63, 3.8) is 0 Å². The number of rotatable bonds is 7. The summed E-state index contributed by atoms with van der Waals surface area (Å²) in [7, 11) is 0. The van der Waals surface area contributed by atoms with Gasteiger partial charge in [-0.05, 0) is 47.7 Å². The second kappa shape index (κ2) is 9.93. The molecule has 0 spiro atoms. The molecule has 8 nitrogen and oxygen atoms in total. The Hall–Kier alpha value is -2.32. The zero-order chi connectivity index (χ0) is 19.9. The summed E-state index contributed by atoms with van der Waals surface area (Å²) in [6.07, 6.45) is 5.50. The average Bonchev–Trinajstić information content (AvgIpc) is 3.32. The summed E-state index contributed by atoms with van der Waals surface area (Å²) in [6.45, 7) is 6.58. The van der Waals surface area contributed by atoms with Crippen molar-refractivity contribution in [2.24, 2.45) is 5.92 Å². The van der Waals surface area contributed by atoms with Crippen molar-refractivity contribution in [3.05, 3.63) is 42.2 Å². The van der Waals surface area contributed by atoms with Crippen LogP contribution in [0.5, 0.6) is 0 Å². The second-order valence-electron chi connectivity index (χ2n) is 8.01. The van der Waals surface area contributed by atoms with Crippen molar-refractivity contribution in [2.75, 3.05) is 45.9 Å². The topological polar surface area (TPSA) is 76.4 Å². The Bertz CT molecular complexity index is 740. The minimum absolute atomic E-state index is 0.118. The summed E-state index contributed by atoms with van der Waals surface area (Å²) in [4.78, 5) is 17.8. The third kappa shape index (κ3) is 5.39. The summed E-state index contributed by atoms with van der Waals surface area (Å²) in [5.41, 5.74) is 1.11. The molecule has 0 aliphatic carbocycles. The van der Waals surface area contributed by atoms with Crippen molar-refractivity contribution >= 4 is 5.91 Å². The van der Waals surface area contributed by atoms with Gasteiger partial charge in [0.25, 0.3) is 0 Å². The van der Waals surface area contributed by atoms with Crippen LogP contribution in [0.3, 0.4) is 0 Å². The summed E-state index contributed by atoms with van der Waals surface area (Å²) in [6, 6.07) is 9.67. The number of aromatic nitrogens is 4. The Morgan fingerprint density at radius 1 is 1.10 bits per heavy atom. The standard InChI is InChI=1S/C21H30N6O2/c28-21(20(27-17-22-23-24-27)16-19-4-2-1-3-5-19)26-10-7-18(8-11-26)6-9-25-12-14-29-15-13-25/h1-5,17-18,20H,6-16H2/t20-/m0/s1. The maximum atomic E-state index is 13.3. The Morgan fingerprint density at radius 3 is 2.55 bits per heavy atom. The first kappa shape index (κ1) is 20.0. The number of amides is 1. The van der Waals surface area contributed by atoms with E-state index in [1.807, 2.05) is 35.2 Å². The molecule has 0 unspecified atom stereocenters. The van der Waals surface area contributed by atoms with Gasteiger partial charge in [0.05, 0.1) is 13.2 Å². The number of likely N-dealkylation sites (tertiary alicyclic amines) is 1. The summed E-state index contributed by atoms with van der Waals surface area (Å²) >= 11 is 0. The number of morpholine rings is 1. The minimum Gasteiger partial charge on any atom is -0.379 e. The summed E-state index contributed by atoms with van der Waals surface area (Å²) in [5, 5.41) is 11.5. The van der Waals surface area contributed by atoms with Crippen molar-refractivity contribution in [3.8, 4) is 0 Å². The lowest BCUT2D eigenvalue weighted by molar-refractivity contribution is -0.136. The molecular weight excluding hydrogens is 368 g/mol. The predicted molar refractivity (Wildman–Crippen MR) is 108 cm³/mol. The molecule has 0 bridgehead atoms. The molecule has 29 heavy (non-hydrogen) atoms. The first-order valence-electron chi connectivity index (χ1n) is 10.6. The van der Waals surface area contributed by atoms with E-state index >= 15 is 0 Å². The molecule has 1 atom stereocenters. The van der Waals surface area contributed by atoms with E-state index in [2.05, 4.69) is 20.4 Å². The van der Waals surface area contributed by atoms with Crippen molar-refractivity contribution in [2.45, 2.75) is 31.7 Å². The Kier molecular flexibility index (Phi) is 6.84. The number of hydrogen-bond acceptors (Lipinski definition) is 6. The van der Waals surface area contributed by atoms with E-state index in [4.69, 9.17) is 4.74 Å². The van der Waals surface area contributed by atoms with Crippen LogP contribution in [0.25, 0.3) is 0 Å². The molecule has 3 heterocycles. The fourth-order valence-electron chi connectivity index (χ4n) is 4.29. The van der Waals surface area contributed by atoms with Crippen LogP contribution in [0.15, 0.2) is 36.7 Å². The number of tetrazole rings is 1. The quantitative estimate of drug-likeness (QED) is 0.702. The monoisotopic (exact) mass is 398 g/mol. The Labute approximate surface area is 171 Å². The van der Waals surface area contributed by atoms with E-state index in [1.54, 1.807) is 11.0 Å². The Balaban J connectivity index is 1.31. The molecule has 2 aliphatic rings. The smallest absolute Gasteiger partial charge is 0.247 e. The highest BCUT2D eigenvalue weighted by Crippen LogP contribution is 2.24. The number of nitrogens with zero attached hydrogens (tertiary/aromatic N) is 6. The van der Waals surface area contributed by atoms with E-state index in [-0.39, 0.29) is 5.91 Å². The Morgan fingerprint density at radius 2 is 1.86 bits per heavy atom. The van der Waals surface area contributed by atoms with Crippen molar-refractivity contribution in [1.29, 1.82) is 0 Å². The molecule has 2 fully saturated rings. The molecule has 1 amide bonds. The highest BCUT2D eigenvalue weighted by molar-refractivity contribution is 5.80. The normalized spacial score (nSPS) is 19.9. The average molecular weight is 399 g/mol. The van der Waals surface area contributed by atoms with Gasteiger partial charge < -0.3 is 9.64 Å². The third-order valence-corrected chi connectivity index (χ3v) is 6.12. The molecule has 2 saturated heterocycles. The molecule has 0 radical (unpaired) electrons. The van der Waals surface area contributed by atoms with Gasteiger partial charge in [-0.25, -0.2) is 4.68 Å². The maximum Gasteiger partial charge on any atom is 0.247 e. The molecule has 2 aliphatic heterocycles. The highest BCUT2D eigenvalue weighted by Gasteiger charge is 2.30. The van der Waals surface area contributed by atoms with E-state index in [0.717, 1.165) is 64.3 Å². The molecule has 1 aromatic heterocycles. The van der Waals surface area contributed by atoms with Crippen LogP contribution in [0.2, 0.25) is 0 Å². The minimum atomic E-state index is -0.391. The van der Waals surface area contributed by atoms with E-state index < -0.39 is 6.04 Å². The van der Waals surface area contributed by atoms with Gasteiger partial charge in [0.2, 0.25) is 5.91 Å². The zero-order valence-electron chi connectivity index (χ0n) is 16.9. The first-order valence-corrected chi connectivity index (χ1v) is 10.6. The van der Waals surface area contributed by atoms with Crippen molar-refractivity contribution in [1.82, 2.24) is 30.0 Å². The van der Waals surface area contributed by atoms with Crippen LogP contribution in [-0.4, -0.2) is 81.9 Å². The zero-order valence-corrected chi connectivity index (χ0v) is 16.9. The van der Waals surface area contributed by atoms with E-state index in [1.165, 1.54) is 6.42 Å². The van der Waals surface area contributed by atoms with Crippen LogP contribution in [-0.2, 0) is 16.0 Å². The third-order valence-electron chi connectivity index (χ3n) is 6.12. The molecule has 2 aromatic rings. The van der Waals surface area contributed by atoms with Crippen LogP contribution in [0.4, 0.5) is 0 Å². The number of carbonyl (C=O) groups excluding carboxylic acids is 1. The number of benzene rings is 1. The van der Waals surface area contributed by atoms with Gasteiger partial charge in [-0.15, -0.1) is 5.10 Å². The lowest BCUT2D eigenvalue weighted by Gasteiger charge is -2.35. The summed E-state index contributed by atoms with van der Waals surface area (Å²) < 4.78 is 7.02. The SMILES string of the molecule is O=C([C@H](Cc1ccccc1)n1cnnn1)N1CCC(CCN2CCOCC2)CC1. The molecule has 156 valence electrons. The van der Waals surface area contributed by atoms with E-state index in [0.29, 0.717) is 12.3 Å². The van der Waals surface area contributed by atoms with Gasteiger partial charge in [0.15, 0.2) is 0 Å². The van der Waals surface area contributed by atoms with Crippen LogP contribution >= 0.6 is 0 Å². The number of hydrogen-bond donors (Lipinski definition) is 0. The van der Waals surface area contributed by atoms with E-state index in [9.17, 15) is 4.79 Å². The molecule has 0 N–H and O–H groups in total. The lowest BCUT2D eigenvalue weighted by Crippen LogP contribution is -2.44. The van der Waals surface area contributed by atoms with Gasteiger partial charge in [-0.1, -0.05) is 30.3 Å². The second-order valence-corrected chi connectivity index (χ2v) is 8.01. The number of carbonyl (C=O) groups is 1. The fourth-order valence-corrected chi connectivity index (χ4v) is 4.29. The van der Waals surface area contributed by atoms with Crippen LogP contribution in [0, 0.1) is 5.92 Å². The number of ether oxygens (including phenoxy) is 1. The highest BCUT2D eigenvalue weighted by atomic mass is 16.5. The molecule has 0 saturated carbocycles. The lowest BCUT2D eigenvalue weighted by atomic mass is 9.92. The fraction of sp³-hybridized carbons (Fsp3) is 0.619. The first-order chi connectivity index (χ1) is 14.3. The number of piperidine rings is 1. The molecule has 8 heteroatoms. The maximum absolute atomic E-state index is 13.3. The summed E-state index contributed by atoms with van der Waals surface area (Å²) in [5.74, 6) is 0.815. The van der Waals surface area contributed by atoms with Gasteiger partial charge in [-0.2, -0.15) is 0 Å². The van der Waals surface area contributed by atoms with Gasteiger partial charge in [0.1, 0.15) is 12.4 Å². The largest absolute Gasteiger partial charge is 0.379 e. The molecule has 4 rings (SSSR count). The van der Waals surface area contributed by atoms with Crippen molar-refractivity contribution < 1.29 is 9.53 Å². The van der Waals surface area contributed by atoms with Crippen LogP contribution in [0.1, 0.15) is 30.9 Å². The predicted octanol–water partition coefficient (Wildman–Crippen LogP) is 1.42. The van der Waals surface area contributed by atoms with Gasteiger partial charge >= 0.3 is 0 Å². The molecule has 1 aromatic carbocycles. The molecular formula is C21H30N6O2. The van der Waals surface area contributed by atoms with Gasteiger partial charge in [0, 0.05) is 32.6 Å².